The zero-order chi connectivity index (χ0) is 25.8. The van der Waals surface area contributed by atoms with E-state index in [1.54, 1.807) is 36.4 Å². The number of carbonyl (C=O) groups is 2. The molecule has 37 heavy (non-hydrogen) atoms. The Morgan fingerprint density at radius 3 is 2.62 bits per heavy atom. The van der Waals surface area contributed by atoms with Gasteiger partial charge in [0.1, 0.15) is 28.3 Å². The average Bonchev–Trinajstić information content (AvgIpc) is 3.41. The summed E-state index contributed by atoms with van der Waals surface area (Å²) in [5.74, 6) is -0.0261. The Balaban J connectivity index is 1.29. The molecule has 4 aromatic rings. The van der Waals surface area contributed by atoms with E-state index in [0.717, 1.165) is 5.56 Å². The van der Waals surface area contributed by atoms with Crippen LogP contribution in [0.4, 0.5) is 5.13 Å². The minimum atomic E-state index is -0.496. The summed E-state index contributed by atoms with van der Waals surface area (Å²) >= 11 is 1.28. The summed E-state index contributed by atoms with van der Waals surface area (Å²) in [6.45, 7) is 0.351. The van der Waals surface area contributed by atoms with Crippen LogP contribution in [0.1, 0.15) is 33.8 Å². The smallest absolute Gasteiger partial charge is 0.313 e. The van der Waals surface area contributed by atoms with Crippen molar-refractivity contribution in [1.82, 2.24) is 10.2 Å². The minimum Gasteiger partial charge on any atom is -0.493 e. The van der Waals surface area contributed by atoms with Gasteiger partial charge in [-0.25, -0.2) is 0 Å². The van der Waals surface area contributed by atoms with E-state index >= 15 is 0 Å². The number of nitrogens with zero attached hydrogens (tertiary/aromatic N) is 3. The van der Waals surface area contributed by atoms with Gasteiger partial charge in [-0.2, -0.15) is 5.26 Å². The number of carbonyl (C=O) groups excluding carboxylic acids is 2. The number of benzene rings is 3. The summed E-state index contributed by atoms with van der Waals surface area (Å²) in [6, 6.07) is 21.4. The lowest BCUT2D eigenvalue weighted by molar-refractivity contribution is -0.143. The number of aromatic nitrogens is 2. The van der Waals surface area contributed by atoms with Crippen molar-refractivity contribution in [2.45, 2.75) is 12.3 Å². The van der Waals surface area contributed by atoms with Gasteiger partial charge in [0.2, 0.25) is 5.13 Å². The first-order chi connectivity index (χ1) is 18.1. The molecule has 0 bridgehead atoms. The lowest BCUT2D eigenvalue weighted by Gasteiger charge is -2.25. The van der Waals surface area contributed by atoms with Gasteiger partial charge in [-0.15, -0.1) is 10.2 Å². The highest BCUT2D eigenvalue weighted by atomic mass is 32.1. The van der Waals surface area contributed by atoms with E-state index in [0.29, 0.717) is 45.8 Å². The SMILES string of the molecule is COC(=O)C1CCOc2cc(Oc3ccc(C(=O)Nc4nnc(-c5ccccc5)s4)cc3)c(C#N)cc21. The van der Waals surface area contributed by atoms with Crippen LogP contribution in [0.3, 0.4) is 0 Å². The van der Waals surface area contributed by atoms with Gasteiger partial charge >= 0.3 is 5.97 Å². The van der Waals surface area contributed by atoms with E-state index in [1.165, 1.54) is 18.4 Å². The van der Waals surface area contributed by atoms with Gasteiger partial charge in [-0.05, 0) is 36.8 Å². The first-order valence-electron chi connectivity index (χ1n) is 11.3. The molecule has 0 radical (unpaired) electrons. The van der Waals surface area contributed by atoms with Crippen LogP contribution in [0.5, 0.6) is 17.2 Å². The largest absolute Gasteiger partial charge is 0.493 e. The molecule has 1 atom stereocenters. The van der Waals surface area contributed by atoms with Crippen LogP contribution in [0.25, 0.3) is 10.6 Å². The number of hydrogen-bond acceptors (Lipinski definition) is 9. The standard InChI is InChI=1S/C27H20N4O5S/c1-34-26(33)20-11-12-35-23-14-22(18(15-28)13-21(20)23)36-19-9-7-16(8-10-19)24(32)29-27-31-30-25(37-27)17-5-3-2-4-6-17/h2-10,13-14,20H,11-12H2,1H3,(H,29,31,32). The summed E-state index contributed by atoms with van der Waals surface area (Å²) in [7, 11) is 1.33. The molecule has 184 valence electrons. The topological polar surface area (TPSA) is 123 Å². The number of amides is 1. The van der Waals surface area contributed by atoms with Gasteiger partial charge in [0.25, 0.3) is 5.91 Å². The Labute approximate surface area is 216 Å². The monoisotopic (exact) mass is 512 g/mol. The maximum Gasteiger partial charge on any atom is 0.313 e. The van der Waals surface area contributed by atoms with Crippen LogP contribution < -0.4 is 14.8 Å². The first-order valence-corrected chi connectivity index (χ1v) is 12.1. The number of methoxy groups -OCH3 is 1. The molecule has 5 rings (SSSR count). The maximum absolute atomic E-state index is 12.7. The predicted molar refractivity (Wildman–Crippen MR) is 136 cm³/mol. The molecule has 1 aliphatic rings. The van der Waals surface area contributed by atoms with Gasteiger partial charge in [-0.3, -0.25) is 14.9 Å². The van der Waals surface area contributed by atoms with Crippen molar-refractivity contribution >= 4 is 28.3 Å². The second-order valence-corrected chi connectivity index (χ2v) is 9.05. The molecule has 10 heteroatoms. The molecule has 0 saturated carbocycles. The van der Waals surface area contributed by atoms with E-state index in [-0.39, 0.29) is 23.2 Å². The lowest BCUT2D eigenvalue weighted by Crippen LogP contribution is -2.22. The van der Waals surface area contributed by atoms with Crippen LogP contribution in [-0.2, 0) is 9.53 Å². The number of ether oxygens (including phenoxy) is 3. The van der Waals surface area contributed by atoms with Crippen LogP contribution in [0.2, 0.25) is 0 Å². The van der Waals surface area contributed by atoms with Gasteiger partial charge in [0, 0.05) is 22.8 Å². The summed E-state index contributed by atoms with van der Waals surface area (Å²) in [5.41, 5.74) is 2.18. The Bertz CT molecular complexity index is 1500. The third kappa shape index (κ3) is 5.12. The molecule has 2 heterocycles. The van der Waals surface area contributed by atoms with E-state index in [2.05, 4.69) is 21.6 Å². The summed E-state index contributed by atoms with van der Waals surface area (Å²) < 4.78 is 16.5. The minimum absolute atomic E-state index is 0.255. The van der Waals surface area contributed by atoms with Crippen molar-refractivity contribution in [2.75, 3.05) is 19.0 Å². The molecule has 0 saturated heterocycles. The van der Waals surface area contributed by atoms with Crippen molar-refractivity contribution in [1.29, 1.82) is 5.26 Å². The molecule has 1 aliphatic heterocycles. The van der Waals surface area contributed by atoms with Gasteiger partial charge in [0.05, 0.1) is 25.2 Å². The van der Waals surface area contributed by atoms with Gasteiger partial charge in [-0.1, -0.05) is 41.7 Å². The van der Waals surface area contributed by atoms with Gasteiger partial charge < -0.3 is 14.2 Å². The van der Waals surface area contributed by atoms with Crippen LogP contribution in [0.15, 0.2) is 66.7 Å². The molecule has 1 amide bonds. The average molecular weight is 513 g/mol. The molecule has 1 unspecified atom stereocenters. The summed E-state index contributed by atoms with van der Waals surface area (Å²) in [6.07, 6.45) is 0.471. The Morgan fingerprint density at radius 2 is 1.89 bits per heavy atom. The lowest BCUT2D eigenvalue weighted by atomic mass is 9.91. The highest BCUT2D eigenvalue weighted by Gasteiger charge is 2.30. The van der Waals surface area contributed by atoms with Crippen molar-refractivity contribution in [2.24, 2.45) is 0 Å². The number of nitriles is 1. The second-order valence-electron chi connectivity index (χ2n) is 8.07. The molecular formula is C27H20N4O5S. The molecule has 0 fully saturated rings. The molecule has 9 nitrogen and oxygen atoms in total. The number of fused-ring (bicyclic) bond motifs is 1. The van der Waals surface area contributed by atoms with Crippen LogP contribution in [0, 0.1) is 11.3 Å². The zero-order valence-corrected chi connectivity index (χ0v) is 20.5. The summed E-state index contributed by atoms with van der Waals surface area (Å²) in [4.78, 5) is 24.8. The van der Waals surface area contributed by atoms with Crippen LogP contribution in [-0.4, -0.2) is 35.8 Å². The predicted octanol–water partition coefficient (Wildman–Crippen LogP) is 5.16. The number of anilines is 1. The fourth-order valence-electron chi connectivity index (χ4n) is 3.92. The zero-order valence-electron chi connectivity index (χ0n) is 19.6. The molecule has 1 aromatic heterocycles. The number of nitrogens with one attached hydrogen (secondary N) is 1. The maximum atomic E-state index is 12.7. The first kappa shape index (κ1) is 24.0. The van der Waals surface area contributed by atoms with E-state index in [9.17, 15) is 14.9 Å². The molecule has 3 aromatic carbocycles. The normalized spacial score (nSPS) is 14.0. The van der Waals surface area contributed by atoms with E-state index in [4.69, 9.17) is 14.2 Å². The molecule has 1 N–H and O–H groups in total. The molecule has 0 spiro atoms. The second kappa shape index (κ2) is 10.5. The third-order valence-corrected chi connectivity index (χ3v) is 6.66. The summed E-state index contributed by atoms with van der Waals surface area (Å²) in [5, 5.41) is 21.7. The number of rotatable bonds is 6. The van der Waals surface area contributed by atoms with E-state index in [1.807, 2.05) is 30.3 Å². The fourth-order valence-corrected chi connectivity index (χ4v) is 4.66. The Hall–Kier alpha value is -4.75. The Morgan fingerprint density at radius 1 is 1.11 bits per heavy atom. The Kier molecular flexibility index (Phi) is 6.78. The highest BCUT2D eigenvalue weighted by Crippen LogP contribution is 2.40. The van der Waals surface area contributed by atoms with Crippen molar-refractivity contribution in [3.63, 3.8) is 0 Å². The van der Waals surface area contributed by atoms with Crippen molar-refractivity contribution in [3.05, 3.63) is 83.4 Å². The van der Waals surface area contributed by atoms with Gasteiger partial charge in [0.15, 0.2) is 0 Å². The van der Waals surface area contributed by atoms with Crippen molar-refractivity contribution < 1.29 is 23.8 Å². The van der Waals surface area contributed by atoms with Crippen LogP contribution >= 0.6 is 11.3 Å². The van der Waals surface area contributed by atoms with E-state index < -0.39 is 5.92 Å². The fraction of sp³-hybridized carbons (Fsp3) is 0.148. The molecule has 0 aliphatic carbocycles. The number of hydrogen-bond donors (Lipinski definition) is 1. The molecular weight excluding hydrogens is 492 g/mol. The highest BCUT2D eigenvalue weighted by molar-refractivity contribution is 7.18. The third-order valence-electron chi connectivity index (χ3n) is 5.77. The number of esters is 1. The van der Waals surface area contributed by atoms with Crippen molar-refractivity contribution in [3.8, 4) is 33.9 Å². The quantitative estimate of drug-likeness (QED) is 0.351.